The first-order valence-corrected chi connectivity index (χ1v) is 15.0. The predicted molar refractivity (Wildman–Crippen MR) is 160 cm³/mol. The summed E-state index contributed by atoms with van der Waals surface area (Å²) in [4.78, 5) is 38.5. The van der Waals surface area contributed by atoms with E-state index >= 15 is 0 Å². The number of rotatable bonds is 14. The molecule has 2 unspecified atom stereocenters. The third-order valence-electron chi connectivity index (χ3n) is 6.22. The lowest BCUT2D eigenvalue weighted by Crippen LogP contribution is -2.48. The Labute approximate surface area is 245 Å². The smallest absolute Gasteiger partial charge is 0.408 e. The van der Waals surface area contributed by atoms with Crippen molar-refractivity contribution in [1.82, 2.24) is 21.3 Å². The molecule has 1 heterocycles. The molecule has 9 nitrogen and oxygen atoms in total. The molecule has 0 fully saturated rings. The molecule has 2 amide bonds. The molecule has 3 rings (SSSR count). The zero-order valence-corrected chi connectivity index (χ0v) is 24.4. The van der Waals surface area contributed by atoms with Crippen molar-refractivity contribution >= 4 is 47.1 Å². The molecule has 4 N–H and O–H groups in total. The molecule has 0 saturated carbocycles. The van der Waals surface area contributed by atoms with Crippen LogP contribution in [0.1, 0.15) is 56.2 Å². The molecule has 0 aromatic heterocycles. The second kappa shape index (κ2) is 17.4. The van der Waals surface area contributed by atoms with Crippen LogP contribution in [0, 0.1) is 0 Å². The number of esters is 1. The Kier molecular flexibility index (Phi) is 13.6. The lowest BCUT2D eigenvalue weighted by molar-refractivity contribution is -0.142. The van der Waals surface area contributed by atoms with Crippen molar-refractivity contribution in [3.63, 3.8) is 0 Å². The molecule has 0 radical (unpaired) electrons. The van der Waals surface area contributed by atoms with Gasteiger partial charge in [0.05, 0.1) is 19.1 Å². The molecule has 40 heavy (non-hydrogen) atoms. The van der Waals surface area contributed by atoms with Crippen LogP contribution in [0.25, 0.3) is 0 Å². The summed E-state index contributed by atoms with van der Waals surface area (Å²) in [5.41, 5.74) is 1.97. The van der Waals surface area contributed by atoms with Gasteiger partial charge in [-0.2, -0.15) is 0 Å². The van der Waals surface area contributed by atoms with Crippen LogP contribution >= 0.6 is 24.0 Å². The molecule has 0 saturated heterocycles. The third kappa shape index (κ3) is 11.1. The van der Waals surface area contributed by atoms with Crippen LogP contribution in [0.3, 0.4) is 0 Å². The molecule has 0 aliphatic carbocycles. The van der Waals surface area contributed by atoms with Gasteiger partial charge in [0.15, 0.2) is 5.11 Å². The van der Waals surface area contributed by atoms with Crippen molar-refractivity contribution in [2.45, 2.75) is 62.6 Å². The van der Waals surface area contributed by atoms with Crippen LogP contribution in [0.4, 0.5) is 4.79 Å². The molecule has 1 aliphatic heterocycles. The molecule has 216 valence electrons. The Morgan fingerprint density at radius 1 is 1.00 bits per heavy atom. The summed E-state index contributed by atoms with van der Waals surface area (Å²) >= 11 is 7.04. The van der Waals surface area contributed by atoms with Crippen molar-refractivity contribution in [3.05, 3.63) is 65.7 Å². The zero-order valence-electron chi connectivity index (χ0n) is 22.8. The number of benzene rings is 2. The zero-order chi connectivity index (χ0) is 28.6. The average Bonchev–Trinajstić information content (AvgIpc) is 2.96. The molecule has 1 aliphatic rings. The normalized spacial score (nSPS) is 14.7. The standard InChI is InChI=1S/C29H38N4O5S2/c1-2-37-26(34)15-18-31-28(39)30-17-9-8-13-24(33-29(36)38-20-21-10-4-3-5-11-21)27(35)32-23-16-19-40-25-14-7-6-12-22(23)25/h3-7,10-12,14,23-24H,2,8-9,13,15-20H2,1H3,(H,32,35)(H,33,36)(H2,30,31,39). The van der Waals surface area contributed by atoms with E-state index in [1.165, 1.54) is 4.90 Å². The van der Waals surface area contributed by atoms with E-state index in [0.29, 0.717) is 37.7 Å². The number of ether oxygens (including phenoxy) is 2. The minimum atomic E-state index is -0.736. The Hall–Kier alpha value is -3.31. The van der Waals surface area contributed by atoms with Gasteiger partial charge in [-0.25, -0.2) is 4.79 Å². The molecule has 2 atom stereocenters. The first-order chi connectivity index (χ1) is 19.5. The minimum Gasteiger partial charge on any atom is -0.466 e. The molecule has 11 heteroatoms. The first-order valence-electron chi connectivity index (χ1n) is 13.6. The van der Waals surface area contributed by atoms with Crippen LogP contribution in [-0.4, -0.2) is 54.6 Å². The number of carbonyl (C=O) groups is 3. The third-order valence-corrected chi connectivity index (χ3v) is 7.63. The maximum Gasteiger partial charge on any atom is 0.408 e. The Bertz CT molecular complexity index is 1120. The SMILES string of the molecule is CCOC(=O)CCNC(=S)NCCCCC(NC(=O)OCc1ccccc1)C(=O)NC1CCSc2ccccc21. The van der Waals surface area contributed by atoms with E-state index in [9.17, 15) is 14.4 Å². The Morgan fingerprint density at radius 2 is 1.75 bits per heavy atom. The van der Waals surface area contributed by atoms with Gasteiger partial charge in [-0.1, -0.05) is 48.5 Å². The fourth-order valence-electron chi connectivity index (χ4n) is 4.19. The largest absolute Gasteiger partial charge is 0.466 e. The van der Waals surface area contributed by atoms with Crippen molar-refractivity contribution in [2.75, 3.05) is 25.4 Å². The van der Waals surface area contributed by atoms with Gasteiger partial charge in [0, 0.05) is 23.7 Å². The molecule has 0 spiro atoms. The van der Waals surface area contributed by atoms with Gasteiger partial charge in [-0.05, 0) is 62.0 Å². The van der Waals surface area contributed by atoms with Crippen LogP contribution in [-0.2, 0) is 25.7 Å². The van der Waals surface area contributed by atoms with E-state index in [4.69, 9.17) is 21.7 Å². The highest BCUT2D eigenvalue weighted by molar-refractivity contribution is 7.99. The van der Waals surface area contributed by atoms with Gasteiger partial charge in [-0.3, -0.25) is 9.59 Å². The van der Waals surface area contributed by atoms with E-state index in [1.807, 2.05) is 48.5 Å². The Balaban J connectivity index is 1.48. The lowest BCUT2D eigenvalue weighted by atomic mass is 10.0. The highest BCUT2D eigenvalue weighted by Crippen LogP contribution is 2.35. The topological polar surface area (TPSA) is 118 Å². The summed E-state index contributed by atoms with van der Waals surface area (Å²) in [6.07, 6.45) is 2.28. The summed E-state index contributed by atoms with van der Waals surface area (Å²) in [5.74, 6) is 0.415. The summed E-state index contributed by atoms with van der Waals surface area (Å²) in [6.45, 7) is 3.23. The number of unbranched alkanes of at least 4 members (excludes halogenated alkanes) is 1. The second-order valence-electron chi connectivity index (χ2n) is 9.23. The number of fused-ring (bicyclic) bond motifs is 1. The van der Waals surface area contributed by atoms with Crippen molar-refractivity contribution in [2.24, 2.45) is 0 Å². The average molecular weight is 587 g/mol. The monoisotopic (exact) mass is 586 g/mol. The highest BCUT2D eigenvalue weighted by Gasteiger charge is 2.27. The van der Waals surface area contributed by atoms with E-state index in [1.54, 1.807) is 18.7 Å². The fourth-order valence-corrected chi connectivity index (χ4v) is 5.52. The minimum absolute atomic E-state index is 0.102. The number of nitrogens with one attached hydrogen (secondary N) is 4. The summed E-state index contributed by atoms with van der Waals surface area (Å²) in [5, 5.41) is 12.4. The summed E-state index contributed by atoms with van der Waals surface area (Å²) in [7, 11) is 0. The van der Waals surface area contributed by atoms with E-state index in [0.717, 1.165) is 29.7 Å². The van der Waals surface area contributed by atoms with Gasteiger partial charge < -0.3 is 30.7 Å². The van der Waals surface area contributed by atoms with Crippen molar-refractivity contribution in [3.8, 4) is 0 Å². The van der Waals surface area contributed by atoms with Gasteiger partial charge >= 0.3 is 12.1 Å². The fraction of sp³-hybridized carbons (Fsp3) is 0.448. The second-order valence-corrected chi connectivity index (χ2v) is 10.8. The molecule has 0 bridgehead atoms. The van der Waals surface area contributed by atoms with E-state index in [2.05, 4.69) is 27.3 Å². The quantitative estimate of drug-likeness (QED) is 0.147. The van der Waals surface area contributed by atoms with Gasteiger partial charge in [0.2, 0.25) is 5.91 Å². The number of thiocarbonyl (C=S) groups is 1. The Morgan fingerprint density at radius 3 is 2.55 bits per heavy atom. The van der Waals surface area contributed by atoms with E-state index in [-0.39, 0.29) is 30.9 Å². The lowest BCUT2D eigenvalue weighted by Gasteiger charge is -2.28. The number of hydrogen-bond donors (Lipinski definition) is 4. The number of alkyl carbamates (subject to hydrolysis) is 1. The molecular weight excluding hydrogens is 548 g/mol. The van der Waals surface area contributed by atoms with Gasteiger partial charge in [0.1, 0.15) is 12.6 Å². The number of amides is 2. The highest BCUT2D eigenvalue weighted by atomic mass is 32.2. The number of thioether (sulfide) groups is 1. The predicted octanol–water partition coefficient (Wildman–Crippen LogP) is 4.22. The van der Waals surface area contributed by atoms with Crippen molar-refractivity contribution < 1.29 is 23.9 Å². The van der Waals surface area contributed by atoms with Crippen LogP contribution in [0.15, 0.2) is 59.5 Å². The van der Waals surface area contributed by atoms with E-state index < -0.39 is 12.1 Å². The van der Waals surface area contributed by atoms with Crippen LogP contribution in [0.2, 0.25) is 0 Å². The number of carbonyl (C=O) groups excluding carboxylic acids is 3. The number of hydrogen-bond acceptors (Lipinski definition) is 7. The molecule has 2 aromatic rings. The van der Waals surface area contributed by atoms with Crippen LogP contribution in [0.5, 0.6) is 0 Å². The maximum absolute atomic E-state index is 13.4. The first kappa shape index (κ1) is 31.2. The van der Waals surface area contributed by atoms with Crippen molar-refractivity contribution in [1.29, 1.82) is 0 Å². The van der Waals surface area contributed by atoms with Gasteiger partial charge in [0.25, 0.3) is 0 Å². The van der Waals surface area contributed by atoms with Crippen LogP contribution < -0.4 is 21.3 Å². The maximum atomic E-state index is 13.4. The molecular formula is C29H38N4O5S2. The summed E-state index contributed by atoms with van der Waals surface area (Å²) < 4.78 is 10.3. The molecule has 2 aromatic carbocycles. The van der Waals surface area contributed by atoms with Gasteiger partial charge in [-0.15, -0.1) is 11.8 Å². The summed E-state index contributed by atoms with van der Waals surface area (Å²) in [6, 6.07) is 16.6.